The minimum Gasteiger partial charge on any atom is -0.366 e. The van der Waals surface area contributed by atoms with Gasteiger partial charge in [0.25, 0.3) is 0 Å². The highest BCUT2D eigenvalue weighted by Crippen LogP contribution is 2.04. The first-order valence-electron chi connectivity index (χ1n) is 3.56. The molecule has 0 heterocycles. The Morgan fingerprint density at radius 2 is 2.17 bits per heavy atom. The summed E-state index contributed by atoms with van der Waals surface area (Å²) in [5.74, 6) is -0.425. The van der Waals surface area contributed by atoms with Crippen molar-refractivity contribution in [3.63, 3.8) is 0 Å². The molecule has 0 radical (unpaired) electrons. The summed E-state index contributed by atoms with van der Waals surface area (Å²) in [6.45, 7) is 0. The number of carbonyl (C=O) groups excluding carboxylic acids is 1. The SMILES string of the molecule is CN=Cc1ccccc1C(N)=O. The van der Waals surface area contributed by atoms with Crippen molar-refractivity contribution in [3.05, 3.63) is 35.4 Å². The number of hydrogen-bond donors (Lipinski definition) is 1. The number of amides is 1. The second-order valence-electron chi connectivity index (χ2n) is 2.34. The second kappa shape index (κ2) is 3.67. The molecule has 0 aromatic heterocycles. The summed E-state index contributed by atoms with van der Waals surface area (Å²) in [7, 11) is 1.65. The number of nitrogens with zero attached hydrogens (tertiary/aromatic N) is 1. The average Bonchev–Trinajstić information content (AvgIpc) is 2.05. The van der Waals surface area contributed by atoms with E-state index in [4.69, 9.17) is 5.73 Å². The quantitative estimate of drug-likeness (QED) is 0.643. The Hall–Kier alpha value is -1.64. The van der Waals surface area contributed by atoms with E-state index >= 15 is 0 Å². The van der Waals surface area contributed by atoms with Crippen LogP contribution in [-0.4, -0.2) is 19.2 Å². The second-order valence-corrected chi connectivity index (χ2v) is 2.34. The summed E-state index contributed by atoms with van der Waals surface area (Å²) >= 11 is 0. The molecule has 0 saturated carbocycles. The number of hydrogen-bond acceptors (Lipinski definition) is 2. The van der Waals surface area contributed by atoms with Crippen LogP contribution in [0.2, 0.25) is 0 Å². The molecule has 3 heteroatoms. The monoisotopic (exact) mass is 162 g/mol. The molecule has 12 heavy (non-hydrogen) atoms. The van der Waals surface area contributed by atoms with Crippen molar-refractivity contribution in [2.75, 3.05) is 7.05 Å². The fourth-order valence-electron chi connectivity index (χ4n) is 0.973. The van der Waals surface area contributed by atoms with E-state index in [0.29, 0.717) is 5.56 Å². The molecule has 0 saturated heterocycles. The molecule has 0 spiro atoms. The molecule has 0 fully saturated rings. The number of carbonyl (C=O) groups is 1. The summed E-state index contributed by atoms with van der Waals surface area (Å²) in [6, 6.07) is 7.09. The van der Waals surface area contributed by atoms with Gasteiger partial charge < -0.3 is 5.73 Å². The predicted octanol–water partition coefficient (Wildman–Crippen LogP) is 0.834. The van der Waals surface area contributed by atoms with E-state index in [2.05, 4.69) is 4.99 Å². The zero-order valence-electron chi connectivity index (χ0n) is 6.82. The third kappa shape index (κ3) is 1.69. The summed E-state index contributed by atoms with van der Waals surface area (Å²) in [4.78, 5) is 14.7. The molecule has 3 nitrogen and oxygen atoms in total. The van der Waals surface area contributed by atoms with Crippen LogP contribution in [-0.2, 0) is 0 Å². The van der Waals surface area contributed by atoms with Crippen LogP contribution in [0.15, 0.2) is 29.3 Å². The van der Waals surface area contributed by atoms with Crippen molar-refractivity contribution < 1.29 is 4.79 Å². The number of aliphatic imine (C=N–C) groups is 1. The molecular weight excluding hydrogens is 152 g/mol. The Bertz CT molecular complexity index is 318. The number of primary amides is 1. The Balaban J connectivity index is 3.17. The van der Waals surface area contributed by atoms with E-state index in [-0.39, 0.29) is 0 Å². The van der Waals surface area contributed by atoms with Gasteiger partial charge in [0.1, 0.15) is 0 Å². The molecule has 0 unspecified atom stereocenters. The molecule has 0 aliphatic heterocycles. The highest BCUT2D eigenvalue weighted by atomic mass is 16.1. The van der Waals surface area contributed by atoms with Gasteiger partial charge >= 0.3 is 0 Å². The summed E-state index contributed by atoms with van der Waals surface area (Å²) < 4.78 is 0. The van der Waals surface area contributed by atoms with Crippen LogP contribution in [0, 0.1) is 0 Å². The van der Waals surface area contributed by atoms with E-state index < -0.39 is 5.91 Å². The lowest BCUT2D eigenvalue weighted by Gasteiger charge is -1.98. The first kappa shape index (κ1) is 8.46. The standard InChI is InChI=1S/C9H10N2O/c1-11-6-7-4-2-3-5-8(7)9(10)12/h2-6H,1H3,(H2,10,12). The van der Waals surface area contributed by atoms with Crippen LogP contribution < -0.4 is 5.73 Å². The molecule has 0 aliphatic rings. The normalized spacial score (nSPS) is 10.4. The first-order valence-corrected chi connectivity index (χ1v) is 3.56. The van der Waals surface area contributed by atoms with Crippen molar-refractivity contribution >= 4 is 12.1 Å². The lowest BCUT2D eigenvalue weighted by molar-refractivity contribution is 0.1000. The molecule has 1 rings (SSSR count). The van der Waals surface area contributed by atoms with Gasteiger partial charge in [-0.15, -0.1) is 0 Å². The maximum Gasteiger partial charge on any atom is 0.249 e. The zero-order chi connectivity index (χ0) is 8.97. The average molecular weight is 162 g/mol. The molecular formula is C9H10N2O. The Kier molecular flexibility index (Phi) is 2.58. The third-order valence-electron chi connectivity index (χ3n) is 1.49. The summed E-state index contributed by atoms with van der Waals surface area (Å²) in [5.41, 5.74) is 6.40. The minimum absolute atomic E-state index is 0.425. The van der Waals surface area contributed by atoms with Gasteiger partial charge in [0.2, 0.25) is 5.91 Å². The van der Waals surface area contributed by atoms with Gasteiger partial charge in [-0.1, -0.05) is 18.2 Å². The Morgan fingerprint density at radius 1 is 1.50 bits per heavy atom. The molecule has 62 valence electrons. The topological polar surface area (TPSA) is 55.4 Å². The Labute approximate surface area is 70.9 Å². The summed E-state index contributed by atoms with van der Waals surface area (Å²) in [6.07, 6.45) is 1.61. The molecule has 0 aliphatic carbocycles. The number of rotatable bonds is 2. The van der Waals surface area contributed by atoms with Gasteiger partial charge in [-0.3, -0.25) is 9.79 Å². The van der Waals surface area contributed by atoms with Crippen LogP contribution in [0.1, 0.15) is 15.9 Å². The minimum atomic E-state index is -0.425. The van der Waals surface area contributed by atoms with Crippen LogP contribution in [0.25, 0.3) is 0 Å². The molecule has 2 N–H and O–H groups in total. The maximum absolute atomic E-state index is 10.9. The first-order chi connectivity index (χ1) is 5.75. The van der Waals surface area contributed by atoms with Crippen molar-refractivity contribution in [2.24, 2.45) is 10.7 Å². The van der Waals surface area contributed by atoms with E-state index in [1.807, 2.05) is 6.07 Å². The lowest BCUT2D eigenvalue weighted by atomic mass is 10.1. The van der Waals surface area contributed by atoms with Gasteiger partial charge in [0.05, 0.1) is 0 Å². The van der Waals surface area contributed by atoms with Crippen molar-refractivity contribution in [2.45, 2.75) is 0 Å². The fourth-order valence-corrected chi connectivity index (χ4v) is 0.973. The highest BCUT2D eigenvalue weighted by Gasteiger charge is 2.03. The molecule has 1 amide bonds. The van der Waals surface area contributed by atoms with E-state index in [9.17, 15) is 4.79 Å². The largest absolute Gasteiger partial charge is 0.366 e. The van der Waals surface area contributed by atoms with Crippen molar-refractivity contribution in [1.29, 1.82) is 0 Å². The van der Waals surface area contributed by atoms with Gasteiger partial charge in [-0.25, -0.2) is 0 Å². The van der Waals surface area contributed by atoms with Crippen LogP contribution in [0.5, 0.6) is 0 Å². The van der Waals surface area contributed by atoms with Crippen LogP contribution >= 0.6 is 0 Å². The smallest absolute Gasteiger partial charge is 0.249 e. The van der Waals surface area contributed by atoms with E-state index in [0.717, 1.165) is 5.56 Å². The van der Waals surface area contributed by atoms with Gasteiger partial charge in [0, 0.05) is 24.4 Å². The van der Waals surface area contributed by atoms with E-state index in [1.165, 1.54) is 0 Å². The summed E-state index contributed by atoms with van der Waals surface area (Å²) in [5, 5.41) is 0. The third-order valence-corrected chi connectivity index (χ3v) is 1.49. The highest BCUT2D eigenvalue weighted by molar-refractivity contribution is 6.01. The lowest BCUT2D eigenvalue weighted by Crippen LogP contribution is -2.13. The molecule has 0 atom stereocenters. The van der Waals surface area contributed by atoms with Crippen LogP contribution in [0.4, 0.5) is 0 Å². The van der Waals surface area contributed by atoms with E-state index in [1.54, 1.807) is 31.5 Å². The molecule has 1 aromatic carbocycles. The molecule has 1 aromatic rings. The number of nitrogens with two attached hydrogens (primary N) is 1. The number of benzene rings is 1. The van der Waals surface area contributed by atoms with Crippen LogP contribution in [0.3, 0.4) is 0 Å². The van der Waals surface area contributed by atoms with Gasteiger partial charge in [0.15, 0.2) is 0 Å². The van der Waals surface area contributed by atoms with Crippen molar-refractivity contribution in [3.8, 4) is 0 Å². The molecule has 0 bridgehead atoms. The van der Waals surface area contributed by atoms with Gasteiger partial charge in [-0.05, 0) is 6.07 Å². The van der Waals surface area contributed by atoms with Crippen molar-refractivity contribution in [1.82, 2.24) is 0 Å². The zero-order valence-corrected chi connectivity index (χ0v) is 6.82. The predicted molar refractivity (Wildman–Crippen MR) is 48.5 cm³/mol. The maximum atomic E-state index is 10.9. The van der Waals surface area contributed by atoms with Gasteiger partial charge in [-0.2, -0.15) is 0 Å². The fraction of sp³-hybridized carbons (Fsp3) is 0.111. The Morgan fingerprint density at radius 3 is 2.75 bits per heavy atom.